The summed E-state index contributed by atoms with van der Waals surface area (Å²) < 4.78 is 5.07. The fourth-order valence-electron chi connectivity index (χ4n) is 2.30. The van der Waals surface area contributed by atoms with Crippen LogP contribution >= 0.6 is 11.3 Å². The molecular weight excluding hydrogens is 322 g/mol. The van der Waals surface area contributed by atoms with Gasteiger partial charge in [0.15, 0.2) is 5.96 Å². The minimum atomic E-state index is 0.821. The molecule has 138 valence electrons. The third kappa shape index (κ3) is 9.85. The van der Waals surface area contributed by atoms with Gasteiger partial charge in [-0.05, 0) is 39.7 Å². The van der Waals surface area contributed by atoms with E-state index in [1.807, 2.05) is 14.0 Å². The minimum absolute atomic E-state index is 0.821. The van der Waals surface area contributed by atoms with E-state index in [4.69, 9.17) is 4.74 Å². The van der Waals surface area contributed by atoms with Crippen molar-refractivity contribution in [3.8, 4) is 0 Å². The molecule has 6 nitrogen and oxygen atoms in total. The van der Waals surface area contributed by atoms with Crippen LogP contribution in [0.1, 0.15) is 30.0 Å². The largest absolute Gasteiger partial charge is 0.385 e. The van der Waals surface area contributed by atoms with Crippen LogP contribution in [-0.2, 0) is 11.2 Å². The number of rotatable bonds is 12. The van der Waals surface area contributed by atoms with Crippen molar-refractivity contribution in [1.82, 2.24) is 20.5 Å². The molecule has 0 unspecified atom stereocenters. The van der Waals surface area contributed by atoms with E-state index >= 15 is 0 Å². The number of unbranched alkanes of at least 4 members (excludes halogenated alkanes) is 1. The average molecular weight is 356 g/mol. The van der Waals surface area contributed by atoms with Gasteiger partial charge in [0.05, 0.1) is 5.01 Å². The molecule has 0 aromatic carbocycles. The van der Waals surface area contributed by atoms with Gasteiger partial charge in [-0.25, -0.2) is 4.98 Å². The summed E-state index contributed by atoms with van der Waals surface area (Å²) in [5.41, 5.74) is 1.13. The highest BCUT2D eigenvalue weighted by atomic mass is 32.1. The summed E-state index contributed by atoms with van der Waals surface area (Å²) in [4.78, 5) is 11.1. The Bertz CT molecular complexity index is 464. The number of aliphatic imine (C=N–C) groups is 1. The Morgan fingerprint density at radius 2 is 2.04 bits per heavy atom. The van der Waals surface area contributed by atoms with E-state index in [1.54, 1.807) is 18.4 Å². The zero-order valence-corrected chi connectivity index (χ0v) is 16.4. The highest BCUT2D eigenvalue weighted by Gasteiger charge is 2.01. The van der Waals surface area contributed by atoms with Crippen molar-refractivity contribution >= 4 is 17.3 Å². The lowest BCUT2D eigenvalue weighted by Gasteiger charge is -2.18. The highest BCUT2D eigenvalue weighted by molar-refractivity contribution is 7.09. The lowest BCUT2D eigenvalue weighted by molar-refractivity contribution is 0.180. The topological polar surface area (TPSA) is 61.8 Å². The quantitative estimate of drug-likeness (QED) is 0.341. The summed E-state index contributed by atoms with van der Waals surface area (Å²) in [5.74, 6) is 0.880. The molecule has 0 saturated carbocycles. The molecule has 7 heteroatoms. The van der Waals surface area contributed by atoms with E-state index in [0.29, 0.717) is 0 Å². The summed E-state index contributed by atoms with van der Waals surface area (Å²) in [6.07, 6.45) is 4.41. The lowest BCUT2D eigenvalue weighted by atomic mass is 10.2. The predicted molar refractivity (Wildman–Crippen MR) is 103 cm³/mol. The summed E-state index contributed by atoms with van der Waals surface area (Å²) in [6, 6.07) is 0. The van der Waals surface area contributed by atoms with E-state index < -0.39 is 0 Å². The van der Waals surface area contributed by atoms with E-state index in [1.165, 1.54) is 5.01 Å². The van der Waals surface area contributed by atoms with Gasteiger partial charge in [-0.2, -0.15) is 0 Å². The number of likely N-dealkylation sites (N-methyl/N-ethyl adjacent to an activating group) is 1. The summed E-state index contributed by atoms with van der Waals surface area (Å²) in [5, 5.41) is 10.1. The number of methoxy groups -OCH3 is 1. The second-order valence-electron chi connectivity index (χ2n) is 5.92. The molecule has 0 fully saturated rings. The Kier molecular flexibility index (Phi) is 11.4. The molecule has 1 rings (SSSR count). The molecule has 24 heavy (non-hydrogen) atoms. The maximum absolute atomic E-state index is 5.07. The smallest absolute Gasteiger partial charge is 0.191 e. The van der Waals surface area contributed by atoms with Crippen LogP contribution < -0.4 is 10.6 Å². The first kappa shape index (κ1) is 20.9. The van der Waals surface area contributed by atoms with Crippen LogP contribution in [0.25, 0.3) is 0 Å². The Labute approximate surface area is 150 Å². The molecular formula is C17H33N5OS. The minimum Gasteiger partial charge on any atom is -0.385 e. The first-order valence-corrected chi connectivity index (χ1v) is 9.56. The molecule has 0 aliphatic heterocycles. The molecule has 1 aromatic rings. The third-order valence-corrected chi connectivity index (χ3v) is 4.70. The standard InChI is InChI=1S/C17H33N5OS/c1-15-14-24-16(21-15)8-5-6-9-19-17(18-2)20-10-12-22(3)11-7-13-23-4/h14H,5-13H2,1-4H3,(H2,18,19,20). The summed E-state index contributed by atoms with van der Waals surface area (Å²) >= 11 is 1.76. The van der Waals surface area contributed by atoms with Crippen LogP contribution in [0.3, 0.4) is 0 Å². The van der Waals surface area contributed by atoms with Crippen molar-refractivity contribution in [2.75, 3.05) is 54.0 Å². The van der Waals surface area contributed by atoms with Crippen LogP contribution in [0.4, 0.5) is 0 Å². The number of nitrogens with zero attached hydrogens (tertiary/aromatic N) is 3. The number of hydrogen-bond donors (Lipinski definition) is 2. The SMILES string of the molecule is CN=C(NCCCCc1nc(C)cs1)NCCN(C)CCCOC. The molecule has 0 spiro atoms. The van der Waals surface area contributed by atoms with Crippen molar-refractivity contribution in [2.45, 2.75) is 32.6 Å². The van der Waals surface area contributed by atoms with E-state index in [9.17, 15) is 0 Å². The first-order chi connectivity index (χ1) is 11.7. The number of ether oxygens (including phenoxy) is 1. The molecule has 0 aliphatic rings. The van der Waals surface area contributed by atoms with Crippen LogP contribution in [0.2, 0.25) is 0 Å². The lowest BCUT2D eigenvalue weighted by Crippen LogP contribution is -2.41. The molecule has 1 aromatic heterocycles. The molecule has 0 amide bonds. The number of nitrogens with one attached hydrogen (secondary N) is 2. The number of guanidine groups is 1. The van der Waals surface area contributed by atoms with Gasteiger partial charge in [-0.15, -0.1) is 11.3 Å². The maximum atomic E-state index is 5.07. The number of thiazole rings is 1. The van der Waals surface area contributed by atoms with E-state index in [0.717, 1.165) is 70.1 Å². The fraction of sp³-hybridized carbons (Fsp3) is 0.765. The predicted octanol–water partition coefficient (Wildman–Crippen LogP) is 1.91. The second kappa shape index (κ2) is 13.1. The van der Waals surface area contributed by atoms with Crippen LogP contribution in [0, 0.1) is 6.92 Å². The monoisotopic (exact) mass is 355 g/mol. The molecule has 0 aliphatic carbocycles. The van der Waals surface area contributed by atoms with Crippen LogP contribution in [0.15, 0.2) is 10.4 Å². The van der Waals surface area contributed by atoms with Crippen molar-refractivity contribution in [1.29, 1.82) is 0 Å². The van der Waals surface area contributed by atoms with Gasteiger partial charge in [0.2, 0.25) is 0 Å². The van der Waals surface area contributed by atoms with Crippen molar-refractivity contribution in [3.63, 3.8) is 0 Å². The van der Waals surface area contributed by atoms with Crippen molar-refractivity contribution in [2.24, 2.45) is 4.99 Å². The number of hydrogen-bond acceptors (Lipinski definition) is 5. The van der Waals surface area contributed by atoms with Gasteiger partial charge in [0.1, 0.15) is 0 Å². The third-order valence-electron chi connectivity index (χ3n) is 3.67. The number of aromatic nitrogens is 1. The van der Waals surface area contributed by atoms with Gasteiger partial charge < -0.3 is 20.3 Å². The molecule has 2 N–H and O–H groups in total. The van der Waals surface area contributed by atoms with Crippen LogP contribution in [-0.4, -0.2) is 69.8 Å². The van der Waals surface area contributed by atoms with E-state index in [2.05, 4.69) is 37.9 Å². The zero-order chi connectivity index (χ0) is 17.6. The Balaban J connectivity index is 2.03. The maximum Gasteiger partial charge on any atom is 0.191 e. The van der Waals surface area contributed by atoms with E-state index in [-0.39, 0.29) is 0 Å². The Morgan fingerprint density at radius 3 is 2.71 bits per heavy atom. The molecule has 0 radical (unpaired) electrons. The average Bonchev–Trinajstić information content (AvgIpc) is 2.98. The molecule has 1 heterocycles. The second-order valence-corrected chi connectivity index (χ2v) is 6.86. The summed E-state index contributed by atoms with van der Waals surface area (Å²) in [6.45, 7) is 6.74. The molecule has 0 saturated heterocycles. The van der Waals surface area contributed by atoms with Gasteiger partial charge >= 0.3 is 0 Å². The van der Waals surface area contributed by atoms with Crippen molar-refractivity contribution < 1.29 is 4.74 Å². The number of aryl methyl sites for hydroxylation is 2. The Hall–Kier alpha value is -1.18. The highest BCUT2D eigenvalue weighted by Crippen LogP contribution is 2.11. The summed E-state index contributed by atoms with van der Waals surface area (Å²) in [7, 11) is 5.69. The molecule has 0 bridgehead atoms. The van der Waals surface area contributed by atoms with Gasteiger partial charge in [0, 0.05) is 58.0 Å². The van der Waals surface area contributed by atoms with Crippen molar-refractivity contribution in [3.05, 3.63) is 16.1 Å². The van der Waals surface area contributed by atoms with Gasteiger partial charge in [0.25, 0.3) is 0 Å². The fourth-order valence-corrected chi connectivity index (χ4v) is 3.12. The Morgan fingerprint density at radius 1 is 1.25 bits per heavy atom. The molecule has 0 atom stereocenters. The normalized spacial score (nSPS) is 12.0. The first-order valence-electron chi connectivity index (χ1n) is 8.68. The van der Waals surface area contributed by atoms with Crippen LogP contribution in [0.5, 0.6) is 0 Å². The van der Waals surface area contributed by atoms with Gasteiger partial charge in [-0.3, -0.25) is 4.99 Å². The zero-order valence-electron chi connectivity index (χ0n) is 15.6. The van der Waals surface area contributed by atoms with Gasteiger partial charge in [-0.1, -0.05) is 0 Å².